The molecule has 2 rings (SSSR count). The maximum absolute atomic E-state index is 14.3. The third kappa shape index (κ3) is 1.88. The first-order valence-electron chi connectivity index (χ1n) is 5.73. The van der Waals surface area contributed by atoms with Crippen LogP contribution in [-0.2, 0) is 5.92 Å². The molecule has 5 heteroatoms. The van der Waals surface area contributed by atoms with Crippen LogP contribution in [0.15, 0.2) is 22.6 Å². The Bertz CT molecular complexity index is 575. The molecule has 1 aromatic carbocycles. The van der Waals surface area contributed by atoms with E-state index in [2.05, 4.69) is 4.98 Å². The van der Waals surface area contributed by atoms with E-state index in [4.69, 9.17) is 10.2 Å². The molecule has 2 N–H and O–H groups in total. The van der Waals surface area contributed by atoms with E-state index in [1.54, 1.807) is 6.92 Å². The highest BCUT2D eigenvalue weighted by atomic mass is 19.3. The van der Waals surface area contributed by atoms with Gasteiger partial charge in [0.2, 0.25) is 0 Å². The van der Waals surface area contributed by atoms with Gasteiger partial charge in [0, 0.05) is 24.4 Å². The average Bonchev–Trinajstić information content (AvgIpc) is 2.67. The van der Waals surface area contributed by atoms with Crippen LogP contribution < -0.4 is 5.73 Å². The van der Waals surface area contributed by atoms with Gasteiger partial charge in [0.25, 0.3) is 5.92 Å². The van der Waals surface area contributed by atoms with Crippen molar-refractivity contribution < 1.29 is 13.2 Å². The van der Waals surface area contributed by atoms with E-state index in [0.717, 1.165) is 0 Å². The lowest BCUT2D eigenvalue weighted by Crippen LogP contribution is -2.40. The molecule has 0 saturated carbocycles. The number of fused-ring (bicyclic) bond motifs is 1. The minimum Gasteiger partial charge on any atom is -0.441 e. The number of nitrogens with zero attached hydrogens (tertiary/aromatic N) is 1. The Morgan fingerprint density at radius 2 is 2.00 bits per heavy atom. The highest BCUT2D eigenvalue weighted by Gasteiger charge is 2.47. The molecular weight excluding hydrogens is 238 g/mol. The monoisotopic (exact) mass is 254 g/mol. The van der Waals surface area contributed by atoms with Crippen molar-refractivity contribution in [3.63, 3.8) is 0 Å². The van der Waals surface area contributed by atoms with Crippen LogP contribution in [0.5, 0.6) is 0 Å². The van der Waals surface area contributed by atoms with Gasteiger partial charge in [-0.05, 0) is 18.2 Å². The summed E-state index contributed by atoms with van der Waals surface area (Å²) in [6.45, 7) is 4.48. The van der Waals surface area contributed by atoms with Crippen molar-refractivity contribution >= 4 is 11.1 Å². The second-order valence-corrected chi connectivity index (χ2v) is 5.08. The fraction of sp³-hybridized carbons (Fsp3) is 0.462. The van der Waals surface area contributed by atoms with Crippen molar-refractivity contribution in [3.05, 3.63) is 29.7 Å². The molecule has 1 aromatic heterocycles. The Balaban J connectivity index is 2.53. The lowest BCUT2D eigenvalue weighted by atomic mass is 9.81. The summed E-state index contributed by atoms with van der Waals surface area (Å²) in [4.78, 5) is 4.06. The lowest BCUT2D eigenvalue weighted by molar-refractivity contribution is -0.108. The van der Waals surface area contributed by atoms with Crippen molar-refractivity contribution in [1.82, 2.24) is 4.98 Å². The van der Waals surface area contributed by atoms with Crippen LogP contribution in [0.3, 0.4) is 0 Å². The van der Waals surface area contributed by atoms with Gasteiger partial charge in [-0.2, -0.15) is 0 Å². The summed E-state index contributed by atoms with van der Waals surface area (Å²) in [7, 11) is 0. The molecule has 98 valence electrons. The molecular formula is C13H16F2N2O. The lowest BCUT2D eigenvalue weighted by Gasteiger charge is -2.33. The predicted octanol–water partition coefficient (Wildman–Crippen LogP) is 3.21. The van der Waals surface area contributed by atoms with Gasteiger partial charge in [-0.1, -0.05) is 13.8 Å². The molecule has 0 amide bonds. The topological polar surface area (TPSA) is 52.0 Å². The number of aryl methyl sites for hydroxylation is 1. The molecule has 3 nitrogen and oxygen atoms in total. The predicted molar refractivity (Wildman–Crippen MR) is 65.5 cm³/mol. The number of alkyl halides is 2. The molecule has 0 aliphatic rings. The largest absolute Gasteiger partial charge is 0.441 e. The van der Waals surface area contributed by atoms with Crippen molar-refractivity contribution in [1.29, 1.82) is 0 Å². The smallest absolute Gasteiger partial charge is 0.279 e. The zero-order chi connectivity index (χ0) is 13.6. The van der Waals surface area contributed by atoms with Crippen LogP contribution in [-0.4, -0.2) is 11.5 Å². The number of halogens is 2. The van der Waals surface area contributed by atoms with Gasteiger partial charge in [-0.15, -0.1) is 0 Å². The third-order valence-electron chi connectivity index (χ3n) is 3.22. The molecule has 0 bridgehead atoms. The van der Waals surface area contributed by atoms with E-state index >= 15 is 0 Å². The van der Waals surface area contributed by atoms with Crippen LogP contribution in [0.2, 0.25) is 0 Å². The van der Waals surface area contributed by atoms with Crippen molar-refractivity contribution in [3.8, 4) is 0 Å². The van der Waals surface area contributed by atoms with Gasteiger partial charge in [0.1, 0.15) is 5.52 Å². The fourth-order valence-corrected chi connectivity index (χ4v) is 1.76. The number of nitrogens with two attached hydrogens (primary N) is 1. The molecule has 0 fully saturated rings. The molecule has 0 radical (unpaired) electrons. The zero-order valence-corrected chi connectivity index (χ0v) is 10.6. The Morgan fingerprint density at radius 3 is 2.61 bits per heavy atom. The molecule has 2 aromatic rings. The van der Waals surface area contributed by atoms with Gasteiger partial charge in [-0.3, -0.25) is 0 Å². The Hall–Kier alpha value is -1.49. The summed E-state index contributed by atoms with van der Waals surface area (Å²) in [5.41, 5.74) is 5.00. The second-order valence-electron chi connectivity index (χ2n) is 5.08. The second kappa shape index (κ2) is 4.02. The highest BCUT2D eigenvalue weighted by molar-refractivity contribution is 5.73. The summed E-state index contributed by atoms with van der Waals surface area (Å²) in [5, 5.41) is 0. The molecule has 1 heterocycles. The summed E-state index contributed by atoms with van der Waals surface area (Å²) in [5.74, 6) is -2.55. The highest BCUT2D eigenvalue weighted by Crippen LogP contribution is 2.44. The first kappa shape index (κ1) is 13.0. The summed E-state index contributed by atoms with van der Waals surface area (Å²) in [6, 6.07) is 4.25. The van der Waals surface area contributed by atoms with E-state index in [1.165, 1.54) is 32.0 Å². The van der Waals surface area contributed by atoms with Crippen LogP contribution in [0.4, 0.5) is 8.78 Å². The maximum atomic E-state index is 14.3. The van der Waals surface area contributed by atoms with Crippen LogP contribution in [0.25, 0.3) is 11.1 Å². The van der Waals surface area contributed by atoms with Gasteiger partial charge in [0.15, 0.2) is 11.5 Å². The van der Waals surface area contributed by atoms with Crippen LogP contribution in [0.1, 0.15) is 25.3 Å². The first-order valence-corrected chi connectivity index (χ1v) is 5.73. The van der Waals surface area contributed by atoms with E-state index in [1.807, 2.05) is 0 Å². The van der Waals surface area contributed by atoms with Crippen molar-refractivity contribution in [2.75, 3.05) is 6.54 Å². The van der Waals surface area contributed by atoms with Crippen molar-refractivity contribution in [2.45, 2.75) is 26.7 Å². The van der Waals surface area contributed by atoms with Gasteiger partial charge >= 0.3 is 0 Å². The average molecular weight is 254 g/mol. The molecule has 0 saturated heterocycles. The van der Waals surface area contributed by atoms with Crippen LogP contribution >= 0.6 is 0 Å². The molecule has 0 atom stereocenters. The maximum Gasteiger partial charge on any atom is 0.279 e. The van der Waals surface area contributed by atoms with E-state index in [0.29, 0.717) is 17.0 Å². The first-order chi connectivity index (χ1) is 8.28. The number of benzene rings is 1. The van der Waals surface area contributed by atoms with Gasteiger partial charge in [-0.25, -0.2) is 13.8 Å². The van der Waals surface area contributed by atoms with Crippen molar-refractivity contribution in [2.24, 2.45) is 11.1 Å². The number of hydrogen-bond donors (Lipinski definition) is 1. The fourth-order valence-electron chi connectivity index (χ4n) is 1.76. The minimum atomic E-state index is -3.01. The van der Waals surface area contributed by atoms with Gasteiger partial charge < -0.3 is 10.2 Å². The number of oxazole rings is 1. The minimum absolute atomic E-state index is 0.0845. The van der Waals surface area contributed by atoms with E-state index in [-0.39, 0.29) is 12.1 Å². The Morgan fingerprint density at radius 1 is 1.33 bits per heavy atom. The summed E-state index contributed by atoms with van der Waals surface area (Å²) >= 11 is 0. The summed E-state index contributed by atoms with van der Waals surface area (Å²) < 4.78 is 33.9. The van der Waals surface area contributed by atoms with Gasteiger partial charge in [0.05, 0.1) is 0 Å². The SMILES string of the molecule is Cc1nc2cc(C(F)(F)C(C)(C)CN)ccc2o1. The number of hydrogen-bond acceptors (Lipinski definition) is 3. The number of aromatic nitrogens is 1. The Kier molecular flexibility index (Phi) is 2.89. The summed E-state index contributed by atoms with van der Waals surface area (Å²) in [6.07, 6.45) is 0. The molecule has 0 aliphatic heterocycles. The molecule has 0 aliphatic carbocycles. The molecule has 0 spiro atoms. The van der Waals surface area contributed by atoms with E-state index in [9.17, 15) is 8.78 Å². The third-order valence-corrected chi connectivity index (χ3v) is 3.22. The van der Waals surface area contributed by atoms with Crippen LogP contribution in [0, 0.1) is 12.3 Å². The molecule has 0 unspecified atom stereocenters. The standard InChI is InChI=1S/C13H16F2N2O/c1-8-17-10-6-9(4-5-11(10)18-8)13(14,15)12(2,3)7-16/h4-6H,7,16H2,1-3H3. The quantitative estimate of drug-likeness (QED) is 0.915. The zero-order valence-electron chi connectivity index (χ0n) is 10.6. The van der Waals surface area contributed by atoms with E-state index < -0.39 is 11.3 Å². The Labute approximate surface area is 104 Å². The molecule has 18 heavy (non-hydrogen) atoms. The number of rotatable bonds is 3. The normalized spacial score (nSPS) is 13.2.